The van der Waals surface area contributed by atoms with Crippen LogP contribution >= 0.6 is 0 Å². The van der Waals surface area contributed by atoms with Crippen LogP contribution in [0.3, 0.4) is 0 Å². The molecule has 1 aliphatic heterocycles. The van der Waals surface area contributed by atoms with Crippen molar-refractivity contribution < 1.29 is 9.59 Å². The number of pyridine rings is 1. The summed E-state index contributed by atoms with van der Waals surface area (Å²) in [5.41, 5.74) is 1.14. The lowest BCUT2D eigenvalue weighted by molar-refractivity contribution is -0.139. The summed E-state index contributed by atoms with van der Waals surface area (Å²) in [6.07, 6.45) is 5.65. The Morgan fingerprint density at radius 1 is 1.32 bits per heavy atom. The lowest BCUT2D eigenvalue weighted by Gasteiger charge is -2.33. The molecule has 0 aromatic carbocycles. The predicted molar refractivity (Wildman–Crippen MR) is 85.5 cm³/mol. The van der Waals surface area contributed by atoms with Crippen LogP contribution in [0.25, 0.3) is 0 Å². The number of hydrogen-bond acceptors (Lipinski definition) is 4. The SMILES string of the molecule is CC(C)NC(=O)C(=O)NCC1CCN(c2cccnc2)CC1. The molecule has 2 rings (SSSR count). The first-order chi connectivity index (χ1) is 10.6. The van der Waals surface area contributed by atoms with Crippen LogP contribution in [0, 0.1) is 5.92 Å². The molecule has 2 heterocycles. The van der Waals surface area contributed by atoms with Gasteiger partial charge in [-0.3, -0.25) is 14.6 Å². The molecule has 0 bridgehead atoms. The van der Waals surface area contributed by atoms with Crippen molar-refractivity contribution in [2.45, 2.75) is 32.7 Å². The number of aromatic nitrogens is 1. The van der Waals surface area contributed by atoms with Gasteiger partial charge in [0, 0.05) is 31.9 Å². The summed E-state index contributed by atoms with van der Waals surface area (Å²) < 4.78 is 0. The molecular formula is C16H24N4O2. The molecule has 6 nitrogen and oxygen atoms in total. The van der Waals surface area contributed by atoms with Gasteiger partial charge in [0.25, 0.3) is 0 Å². The second-order valence-electron chi connectivity index (χ2n) is 5.98. The topological polar surface area (TPSA) is 74.3 Å². The Kier molecular flexibility index (Phi) is 5.75. The number of amides is 2. The van der Waals surface area contributed by atoms with E-state index in [1.54, 1.807) is 6.20 Å². The number of nitrogens with zero attached hydrogens (tertiary/aromatic N) is 2. The first-order valence-electron chi connectivity index (χ1n) is 7.80. The maximum absolute atomic E-state index is 11.7. The van der Waals surface area contributed by atoms with Gasteiger partial charge in [-0.1, -0.05) is 0 Å². The summed E-state index contributed by atoms with van der Waals surface area (Å²) in [5.74, 6) is -0.671. The van der Waals surface area contributed by atoms with Gasteiger partial charge in [0.1, 0.15) is 0 Å². The molecule has 1 saturated heterocycles. The molecule has 22 heavy (non-hydrogen) atoms. The van der Waals surface area contributed by atoms with Gasteiger partial charge < -0.3 is 15.5 Å². The Labute approximate surface area is 131 Å². The molecule has 6 heteroatoms. The molecule has 1 fully saturated rings. The predicted octanol–water partition coefficient (Wildman–Crippen LogP) is 0.939. The normalized spacial score (nSPS) is 15.7. The van der Waals surface area contributed by atoms with Crippen LogP contribution in [0.5, 0.6) is 0 Å². The lowest BCUT2D eigenvalue weighted by Crippen LogP contribution is -2.45. The quantitative estimate of drug-likeness (QED) is 0.812. The fourth-order valence-electron chi connectivity index (χ4n) is 2.58. The minimum atomic E-state index is -0.553. The molecule has 1 aromatic heterocycles. The number of carbonyl (C=O) groups is 2. The van der Waals surface area contributed by atoms with E-state index in [2.05, 4.69) is 26.6 Å². The number of rotatable bonds is 4. The summed E-state index contributed by atoms with van der Waals surface area (Å²) in [6.45, 7) is 6.12. The number of carbonyl (C=O) groups excluding carboxylic acids is 2. The van der Waals surface area contributed by atoms with Crippen molar-refractivity contribution in [1.29, 1.82) is 0 Å². The monoisotopic (exact) mass is 304 g/mol. The van der Waals surface area contributed by atoms with Crippen molar-refractivity contribution >= 4 is 17.5 Å². The fourth-order valence-corrected chi connectivity index (χ4v) is 2.58. The van der Waals surface area contributed by atoms with E-state index in [1.807, 2.05) is 26.1 Å². The Morgan fingerprint density at radius 3 is 2.64 bits per heavy atom. The van der Waals surface area contributed by atoms with Crippen LogP contribution in [0.15, 0.2) is 24.5 Å². The van der Waals surface area contributed by atoms with Crippen LogP contribution in [0.1, 0.15) is 26.7 Å². The average molecular weight is 304 g/mol. The number of nitrogens with one attached hydrogen (secondary N) is 2. The van der Waals surface area contributed by atoms with Crippen molar-refractivity contribution in [1.82, 2.24) is 15.6 Å². The molecule has 2 N–H and O–H groups in total. The van der Waals surface area contributed by atoms with Gasteiger partial charge in [-0.2, -0.15) is 0 Å². The maximum Gasteiger partial charge on any atom is 0.309 e. The van der Waals surface area contributed by atoms with E-state index in [-0.39, 0.29) is 6.04 Å². The second kappa shape index (κ2) is 7.77. The highest BCUT2D eigenvalue weighted by Crippen LogP contribution is 2.21. The summed E-state index contributed by atoms with van der Waals surface area (Å²) in [5, 5.41) is 5.32. The molecular weight excluding hydrogens is 280 g/mol. The highest BCUT2D eigenvalue weighted by Gasteiger charge is 2.21. The largest absolute Gasteiger partial charge is 0.370 e. The number of hydrogen-bond donors (Lipinski definition) is 2. The van der Waals surface area contributed by atoms with Crippen LogP contribution in [0.2, 0.25) is 0 Å². The van der Waals surface area contributed by atoms with E-state index < -0.39 is 11.8 Å². The molecule has 1 aromatic rings. The zero-order valence-corrected chi connectivity index (χ0v) is 13.2. The molecule has 0 spiro atoms. The standard InChI is InChI=1S/C16H24N4O2/c1-12(2)19-16(22)15(21)18-10-13-5-8-20(9-6-13)14-4-3-7-17-11-14/h3-4,7,11-13H,5-6,8-10H2,1-2H3,(H,18,21)(H,19,22). The lowest BCUT2D eigenvalue weighted by atomic mass is 9.96. The molecule has 0 saturated carbocycles. The average Bonchev–Trinajstić information content (AvgIpc) is 2.53. The summed E-state index contributed by atoms with van der Waals surface area (Å²) in [4.78, 5) is 29.6. The van der Waals surface area contributed by atoms with Gasteiger partial charge in [-0.25, -0.2) is 0 Å². The van der Waals surface area contributed by atoms with Gasteiger partial charge in [-0.15, -0.1) is 0 Å². The maximum atomic E-state index is 11.7. The van der Waals surface area contributed by atoms with E-state index in [4.69, 9.17) is 0 Å². The van der Waals surface area contributed by atoms with E-state index in [0.29, 0.717) is 12.5 Å². The van der Waals surface area contributed by atoms with Gasteiger partial charge >= 0.3 is 11.8 Å². The molecule has 120 valence electrons. The number of piperidine rings is 1. The van der Waals surface area contributed by atoms with E-state index in [0.717, 1.165) is 31.6 Å². The molecule has 0 aliphatic carbocycles. The second-order valence-corrected chi connectivity index (χ2v) is 5.98. The molecule has 1 aliphatic rings. The summed E-state index contributed by atoms with van der Waals surface area (Å²) >= 11 is 0. The molecule has 0 unspecified atom stereocenters. The highest BCUT2D eigenvalue weighted by atomic mass is 16.2. The fraction of sp³-hybridized carbons (Fsp3) is 0.562. The molecule has 0 radical (unpaired) electrons. The Morgan fingerprint density at radius 2 is 2.05 bits per heavy atom. The minimum Gasteiger partial charge on any atom is -0.370 e. The van der Waals surface area contributed by atoms with Crippen molar-refractivity contribution in [2.24, 2.45) is 5.92 Å². The Hall–Kier alpha value is -2.11. The summed E-state index contributed by atoms with van der Waals surface area (Å²) in [6, 6.07) is 3.97. The van der Waals surface area contributed by atoms with Gasteiger partial charge in [0.2, 0.25) is 0 Å². The van der Waals surface area contributed by atoms with E-state index >= 15 is 0 Å². The van der Waals surface area contributed by atoms with Crippen LogP contribution in [-0.2, 0) is 9.59 Å². The first kappa shape index (κ1) is 16.3. The van der Waals surface area contributed by atoms with Gasteiger partial charge in [-0.05, 0) is 44.7 Å². The van der Waals surface area contributed by atoms with Crippen molar-refractivity contribution in [3.05, 3.63) is 24.5 Å². The first-order valence-corrected chi connectivity index (χ1v) is 7.80. The van der Waals surface area contributed by atoms with Gasteiger partial charge in [0.15, 0.2) is 0 Å². The Balaban J connectivity index is 1.72. The Bertz CT molecular complexity index is 496. The van der Waals surface area contributed by atoms with E-state index in [9.17, 15) is 9.59 Å². The molecule has 0 atom stereocenters. The van der Waals surface area contributed by atoms with Crippen LogP contribution in [0.4, 0.5) is 5.69 Å². The number of anilines is 1. The third-order valence-electron chi connectivity index (χ3n) is 3.80. The van der Waals surface area contributed by atoms with Gasteiger partial charge in [0.05, 0.1) is 11.9 Å². The zero-order chi connectivity index (χ0) is 15.9. The zero-order valence-electron chi connectivity index (χ0n) is 13.2. The van der Waals surface area contributed by atoms with Crippen LogP contribution in [-0.4, -0.2) is 42.5 Å². The van der Waals surface area contributed by atoms with Crippen LogP contribution < -0.4 is 15.5 Å². The highest BCUT2D eigenvalue weighted by molar-refractivity contribution is 6.35. The van der Waals surface area contributed by atoms with Crippen molar-refractivity contribution in [2.75, 3.05) is 24.5 Å². The third kappa shape index (κ3) is 4.72. The minimum absolute atomic E-state index is 0.0269. The van der Waals surface area contributed by atoms with Crippen molar-refractivity contribution in [3.8, 4) is 0 Å². The molecule has 2 amide bonds. The summed E-state index contributed by atoms with van der Waals surface area (Å²) in [7, 11) is 0. The third-order valence-corrected chi connectivity index (χ3v) is 3.80. The van der Waals surface area contributed by atoms with Crippen molar-refractivity contribution in [3.63, 3.8) is 0 Å². The van der Waals surface area contributed by atoms with E-state index in [1.165, 1.54) is 0 Å². The smallest absolute Gasteiger partial charge is 0.309 e.